The molecule has 0 radical (unpaired) electrons. The van der Waals surface area contributed by atoms with Crippen molar-refractivity contribution in [2.45, 2.75) is 20.8 Å². The number of hydrogen-bond donors (Lipinski definition) is 1. The number of nitrogens with one attached hydrogen (secondary N) is 1. The van der Waals surface area contributed by atoms with Crippen molar-refractivity contribution in [3.8, 4) is 5.75 Å². The molecule has 1 heterocycles. The number of amides is 1. The molecule has 0 aromatic heterocycles. The lowest BCUT2D eigenvalue weighted by atomic mass is 10.1. The fourth-order valence-electron chi connectivity index (χ4n) is 2.62. The van der Waals surface area contributed by atoms with Gasteiger partial charge in [0.05, 0.1) is 12.2 Å². The molecule has 0 bridgehead atoms. The monoisotopic (exact) mass is 319 g/mol. The fraction of sp³-hybridized carbons (Fsp3) is 0.529. The van der Waals surface area contributed by atoms with Crippen molar-refractivity contribution >= 4 is 17.6 Å². The van der Waals surface area contributed by atoms with Gasteiger partial charge in [0.15, 0.2) is 5.75 Å². The van der Waals surface area contributed by atoms with Gasteiger partial charge in [0.25, 0.3) is 0 Å². The number of fused-ring (bicyclic) bond motifs is 1. The van der Waals surface area contributed by atoms with E-state index in [1.165, 1.54) is 0 Å². The number of ether oxygens (including phenoxy) is 1. The first-order chi connectivity index (χ1) is 11.0. The molecule has 0 spiro atoms. The molecule has 1 N–H and O–H groups in total. The lowest BCUT2D eigenvalue weighted by Crippen LogP contribution is -2.44. The van der Waals surface area contributed by atoms with E-state index in [2.05, 4.69) is 24.1 Å². The maximum absolute atomic E-state index is 12.1. The average molecular weight is 319 g/mol. The Labute approximate surface area is 137 Å². The molecule has 0 saturated heterocycles. The van der Waals surface area contributed by atoms with Crippen LogP contribution >= 0.6 is 0 Å². The zero-order valence-electron chi connectivity index (χ0n) is 14.1. The van der Waals surface area contributed by atoms with E-state index >= 15 is 0 Å². The van der Waals surface area contributed by atoms with E-state index in [0.717, 1.165) is 30.9 Å². The first kappa shape index (κ1) is 17.3. The topological polar surface area (TPSA) is 61.9 Å². The second-order valence-corrected chi connectivity index (χ2v) is 5.68. The highest BCUT2D eigenvalue weighted by atomic mass is 16.5. The van der Waals surface area contributed by atoms with Crippen molar-refractivity contribution in [2.24, 2.45) is 0 Å². The third kappa shape index (κ3) is 4.69. The summed E-state index contributed by atoms with van der Waals surface area (Å²) in [5.41, 5.74) is 1.80. The molecule has 0 unspecified atom stereocenters. The normalized spacial score (nSPS) is 13.7. The number of likely N-dealkylation sites (N-methyl/N-ethyl adjacent to an activating group) is 1. The molecule has 0 saturated carbocycles. The highest BCUT2D eigenvalue weighted by molar-refractivity contribution is 5.89. The number of carbonyl (C=O) groups is 2. The molecule has 6 heteroatoms. The average Bonchev–Trinajstić information content (AvgIpc) is 2.51. The molecule has 6 nitrogen and oxygen atoms in total. The Morgan fingerprint density at radius 2 is 2.09 bits per heavy atom. The van der Waals surface area contributed by atoms with Crippen LogP contribution in [0.3, 0.4) is 0 Å². The van der Waals surface area contributed by atoms with E-state index < -0.39 is 0 Å². The minimum Gasteiger partial charge on any atom is -0.423 e. The molecular formula is C17H25N3O3. The van der Waals surface area contributed by atoms with Crippen LogP contribution in [0.15, 0.2) is 18.2 Å². The number of carbonyl (C=O) groups excluding carboxylic acids is 2. The van der Waals surface area contributed by atoms with Crippen LogP contribution in [-0.4, -0.2) is 56.0 Å². The predicted octanol–water partition coefficient (Wildman–Crippen LogP) is 1.18. The molecule has 0 fully saturated rings. The zero-order chi connectivity index (χ0) is 16.8. The Bertz CT molecular complexity index is 570. The summed E-state index contributed by atoms with van der Waals surface area (Å²) in [6.07, 6.45) is 0. The van der Waals surface area contributed by atoms with Gasteiger partial charge < -0.3 is 19.9 Å². The third-order valence-corrected chi connectivity index (χ3v) is 3.98. The molecule has 0 atom stereocenters. The predicted molar refractivity (Wildman–Crippen MR) is 89.8 cm³/mol. The van der Waals surface area contributed by atoms with Crippen molar-refractivity contribution in [2.75, 3.05) is 44.2 Å². The summed E-state index contributed by atoms with van der Waals surface area (Å²) in [5, 5.41) is 2.91. The van der Waals surface area contributed by atoms with Gasteiger partial charge in [-0.3, -0.25) is 4.79 Å². The molecule has 2 rings (SSSR count). The largest absolute Gasteiger partial charge is 0.423 e. The second kappa shape index (κ2) is 7.97. The fourth-order valence-corrected chi connectivity index (χ4v) is 2.62. The van der Waals surface area contributed by atoms with E-state index in [1.807, 2.05) is 25.1 Å². The summed E-state index contributed by atoms with van der Waals surface area (Å²) in [5.74, 6) is 0.106. The number of rotatable bonds is 7. The number of hydrogen-bond acceptors (Lipinski definition) is 5. The minimum atomic E-state index is -0.334. The van der Waals surface area contributed by atoms with Gasteiger partial charge in [-0.25, -0.2) is 4.79 Å². The second-order valence-electron chi connectivity index (χ2n) is 5.68. The van der Waals surface area contributed by atoms with E-state index in [4.69, 9.17) is 4.74 Å². The lowest BCUT2D eigenvalue weighted by molar-refractivity contribution is -0.133. The first-order valence-electron chi connectivity index (χ1n) is 8.08. The molecule has 1 aromatic carbocycles. The SMILES string of the molecule is CCN(CC)CCNC(=O)CN1CC(=O)Oc2cc(C)ccc21. The Morgan fingerprint density at radius 3 is 2.78 bits per heavy atom. The van der Waals surface area contributed by atoms with Crippen molar-refractivity contribution in [1.82, 2.24) is 10.2 Å². The van der Waals surface area contributed by atoms with Gasteiger partial charge in [0.2, 0.25) is 5.91 Å². The van der Waals surface area contributed by atoms with E-state index in [9.17, 15) is 9.59 Å². The Morgan fingerprint density at radius 1 is 1.35 bits per heavy atom. The molecule has 126 valence electrons. The van der Waals surface area contributed by atoms with E-state index in [-0.39, 0.29) is 25.0 Å². The molecule has 23 heavy (non-hydrogen) atoms. The number of anilines is 1. The highest BCUT2D eigenvalue weighted by Gasteiger charge is 2.25. The van der Waals surface area contributed by atoms with Crippen molar-refractivity contribution in [3.63, 3.8) is 0 Å². The number of benzene rings is 1. The smallest absolute Gasteiger partial charge is 0.331 e. The number of nitrogens with zero attached hydrogens (tertiary/aromatic N) is 2. The van der Waals surface area contributed by atoms with Crippen molar-refractivity contribution in [1.29, 1.82) is 0 Å². The Hall–Kier alpha value is -2.08. The van der Waals surface area contributed by atoms with Crippen LogP contribution in [-0.2, 0) is 9.59 Å². The summed E-state index contributed by atoms with van der Waals surface area (Å²) in [7, 11) is 0. The van der Waals surface area contributed by atoms with Gasteiger partial charge in [0, 0.05) is 13.1 Å². The molecule has 1 aliphatic heterocycles. The summed E-state index contributed by atoms with van der Waals surface area (Å²) >= 11 is 0. The summed E-state index contributed by atoms with van der Waals surface area (Å²) in [6, 6.07) is 5.65. The van der Waals surface area contributed by atoms with Gasteiger partial charge in [-0.05, 0) is 37.7 Å². The van der Waals surface area contributed by atoms with Gasteiger partial charge in [0.1, 0.15) is 6.54 Å². The molecule has 0 aliphatic carbocycles. The van der Waals surface area contributed by atoms with Crippen LogP contribution in [0, 0.1) is 6.92 Å². The van der Waals surface area contributed by atoms with E-state index in [0.29, 0.717) is 12.3 Å². The maximum Gasteiger partial charge on any atom is 0.331 e. The Kier molecular flexibility index (Phi) is 5.98. The summed E-state index contributed by atoms with van der Waals surface area (Å²) in [6.45, 7) is 9.77. The lowest BCUT2D eigenvalue weighted by Gasteiger charge is -2.29. The van der Waals surface area contributed by atoms with Gasteiger partial charge >= 0.3 is 5.97 Å². The van der Waals surface area contributed by atoms with Crippen molar-refractivity contribution < 1.29 is 14.3 Å². The van der Waals surface area contributed by atoms with Crippen LogP contribution in [0.4, 0.5) is 5.69 Å². The quantitative estimate of drug-likeness (QED) is 0.604. The van der Waals surface area contributed by atoms with Crippen LogP contribution < -0.4 is 15.0 Å². The maximum atomic E-state index is 12.1. The van der Waals surface area contributed by atoms with Crippen LogP contribution in [0.2, 0.25) is 0 Å². The van der Waals surface area contributed by atoms with E-state index in [1.54, 1.807) is 4.90 Å². The highest BCUT2D eigenvalue weighted by Crippen LogP contribution is 2.32. The molecular weight excluding hydrogens is 294 g/mol. The van der Waals surface area contributed by atoms with Crippen molar-refractivity contribution in [3.05, 3.63) is 23.8 Å². The molecule has 1 aromatic rings. The molecule has 1 aliphatic rings. The number of esters is 1. The van der Waals surface area contributed by atoms with Crippen LogP contribution in [0.1, 0.15) is 19.4 Å². The summed E-state index contributed by atoms with van der Waals surface area (Å²) < 4.78 is 5.25. The summed E-state index contributed by atoms with van der Waals surface area (Å²) in [4.78, 5) is 27.8. The minimum absolute atomic E-state index is 0.0848. The number of aryl methyl sites for hydroxylation is 1. The van der Waals surface area contributed by atoms with Gasteiger partial charge in [-0.2, -0.15) is 0 Å². The standard InChI is InChI=1S/C17H25N3O3/c1-4-19(5-2)9-8-18-16(21)11-20-12-17(22)23-15-10-13(3)6-7-14(15)20/h6-7,10H,4-5,8-9,11-12H2,1-3H3,(H,18,21). The molecule has 1 amide bonds. The van der Waals surface area contributed by atoms with Gasteiger partial charge in [-0.15, -0.1) is 0 Å². The third-order valence-electron chi connectivity index (χ3n) is 3.98. The van der Waals surface area contributed by atoms with Crippen LogP contribution in [0.25, 0.3) is 0 Å². The Balaban J connectivity index is 1.92. The van der Waals surface area contributed by atoms with Gasteiger partial charge in [-0.1, -0.05) is 19.9 Å². The zero-order valence-corrected chi connectivity index (χ0v) is 14.1. The van der Waals surface area contributed by atoms with Crippen LogP contribution in [0.5, 0.6) is 5.75 Å². The first-order valence-corrected chi connectivity index (χ1v) is 8.08.